The fourth-order valence-electron chi connectivity index (χ4n) is 3.37. The number of pyridine rings is 1. The van der Waals surface area contributed by atoms with Crippen molar-refractivity contribution in [2.45, 2.75) is 0 Å². The summed E-state index contributed by atoms with van der Waals surface area (Å²) in [5, 5.41) is 8.26. The molecule has 5 rings (SSSR count). The Kier molecular flexibility index (Phi) is 5.38. The number of nitrogens with zero attached hydrogens (tertiary/aromatic N) is 5. The molecule has 0 aliphatic carbocycles. The quantitative estimate of drug-likeness (QED) is 0.412. The van der Waals surface area contributed by atoms with Crippen LogP contribution in [0.25, 0.3) is 23.2 Å². The number of aryl methyl sites for hydroxylation is 1. The van der Waals surface area contributed by atoms with Gasteiger partial charge in [0.2, 0.25) is 0 Å². The Balaban J connectivity index is 1.35. The SMILES string of the molecule is Cn1ccnc1C(=O)Nc1cccc(Oc2ccc3cnn(C=Cc4ccccn4)c3c2)c1. The lowest BCUT2D eigenvalue weighted by Gasteiger charge is -2.09. The molecule has 0 aliphatic heterocycles. The van der Waals surface area contributed by atoms with Crippen LogP contribution in [0.2, 0.25) is 0 Å². The van der Waals surface area contributed by atoms with Gasteiger partial charge in [-0.2, -0.15) is 5.10 Å². The minimum Gasteiger partial charge on any atom is -0.457 e. The second kappa shape index (κ2) is 8.80. The maximum absolute atomic E-state index is 12.4. The van der Waals surface area contributed by atoms with E-state index >= 15 is 0 Å². The van der Waals surface area contributed by atoms with Crippen molar-refractivity contribution in [1.82, 2.24) is 24.3 Å². The number of aromatic nitrogens is 5. The number of anilines is 1. The molecule has 3 aromatic heterocycles. The van der Waals surface area contributed by atoms with Crippen molar-refractivity contribution in [3.05, 3.63) is 97.0 Å². The Morgan fingerprint density at radius 1 is 1.00 bits per heavy atom. The molecule has 33 heavy (non-hydrogen) atoms. The molecule has 8 nitrogen and oxygen atoms in total. The highest BCUT2D eigenvalue weighted by atomic mass is 16.5. The number of hydrogen-bond donors (Lipinski definition) is 1. The average molecular weight is 436 g/mol. The first-order valence-electron chi connectivity index (χ1n) is 10.3. The number of carbonyl (C=O) groups is 1. The van der Waals surface area contributed by atoms with Crippen molar-refractivity contribution in [1.29, 1.82) is 0 Å². The molecule has 0 spiro atoms. The van der Waals surface area contributed by atoms with Crippen LogP contribution in [0, 0.1) is 0 Å². The Morgan fingerprint density at radius 3 is 2.73 bits per heavy atom. The molecule has 0 bridgehead atoms. The van der Waals surface area contributed by atoms with E-state index < -0.39 is 0 Å². The van der Waals surface area contributed by atoms with E-state index in [1.165, 1.54) is 0 Å². The lowest BCUT2D eigenvalue weighted by molar-refractivity contribution is 0.101. The topological polar surface area (TPSA) is 86.9 Å². The van der Waals surface area contributed by atoms with Gasteiger partial charge in [0, 0.05) is 55.0 Å². The van der Waals surface area contributed by atoms with E-state index in [-0.39, 0.29) is 5.91 Å². The summed E-state index contributed by atoms with van der Waals surface area (Å²) in [5.74, 6) is 1.30. The van der Waals surface area contributed by atoms with Crippen LogP contribution in [0.15, 0.2) is 85.5 Å². The molecule has 2 aromatic carbocycles. The molecular weight excluding hydrogens is 416 g/mol. The van der Waals surface area contributed by atoms with Gasteiger partial charge >= 0.3 is 0 Å². The van der Waals surface area contributed by atoms with Crippen LogP contribution in [0.4, 0.5) is 5.69 Å². The second-order valence-electron chi connectivity index (χ2n) is 7.33. The van der Waals surface area contributed by atoms with E-state index in [0.29, 0.717) is 23.0 Å². The van der Waals surface area contributed by atoms with Crippen LogP contribution >= 0.6 is 0 Å². The van der Waals surface area contributed by atoms with Crippen molar-refractivity contribution in [2.75, 3.05) is 5.32 Å². The zero-order chi connectivity index (χ0) is 22.6. The zero-order valence-electron chi connectivity index (χ0n) is 17.8. The molecule has 0 radical (unpaired) electrons. The summed E-state index contributed by atoms with van der Waals surface area (Å²) < 4.78 is 9.50. The number of fused-ring (bicyclic) bond motifs is 1. The summed E-state index contributed by atoms with van der Waals surface area (Å²) in [5.41, 5.74) is 2.36. The van der Waals surface area contributed by atoms with Crippen LogP contribution in [0.3, 0.4) is 0 Å². The molecule has 0 saturated carbocycles. The number of ether oxygens (including phenoxy) is 1. The van der Waals surface area contributed by atoms with Gasteiger partial charge in [-0.25, -0.2) is 9.67 Å². The van der Waals surface area contributed by atoms with Gasteiger partial charge in [0.15, 0.2) is 5.82 Å². The molecular formula is C25H20N6O2. The molecule has 0 fully saturated rings. The summed E-state index contributed by atoms with van der Waals surface area (Å²) in [4.78, 5) is 20.8. The molecule has 1 amide bonds. The number of benzene rings is 2. The van der Waals surface area contributed by atoms with E-state index in [0.717, 1.165) is 16.6 Å². The maximum Gasteiger partial charge on any atom is 0.291 e. The first-order chi connectivity index (χ1) is 16.2. The molecule has 8 heteroatoms. The number of carbonyl (C=O) groups excluding carboxylic acids is 1. The fraction of sp³-hybridized carbons (Fsp3) is 0.0400. The first-order valence-corrected chi connectivity index (χ1v) is 10.3. The van der Waals surface area contributed by atoms with Gasteiger partial charge in [-0.15, -0.1) is 0 Å². The van der Waals surface area contributed by atoms with Gasteiger partial charge in [-0.3, -0.25) is 9.78 Å². The molecule has 162 valence electrons. The monoisotopic (exact) mass is 436 g/mol. The largest absolute Gasteiger partial charge is 0.457 e. The maximum atomic E-state index is 12.4. The van der Waals surface area contributed by atoms with Gasteiger partial charge in [0.1, 0.15) is 11.5 Å². The van der Waals surface area contributed by atoms with Crippen molar-refractivity contribution in [3.63, 3.8) is 0 Å². The predicted molar refractivity (Wildman–Crippen MR) is 127 cm³/mol. The number of hydrogen-bond acceptors (Lipinski definition) is 5. The van der Waals surface area contributed by atoms with Gasteiger partial charge in [0.25, 0.3) is 5.91 Å². The standard InChI is InChI=1S/C25H20N6O2/c1-30-14-12-27-24(30)25(32)29-20-6-4-7-21(15-20)33-22-9-8-18-17-28-31(23(18)16-22)13-10-19-5-2-3-11-26-19/h2-17H,1H3,(H,29,32). The van der Waals surface area contributed by atoms with E-state index in [2.05, 4.69) is 20.4 Å². The number of amides is 1. The summed E-state index contributed by atoms with van der Waals surface area (Å²) in [6.07, 6.45) is 10.6. The van der Waals surface area contributed by atoms with E-state index in [1.54, 1.807) is 53.2 Å². The second-order valence-corrected chi connectivity index (χ2v) is 7.33. The lowest BCUT2D eigenvalue weighted by Crippen LogP contribution is -2.16. The third-order valence-electron chi connectivity index (χ3n) is 5.00. The number of nitrogens with one attached hydrogen (secondary N) is 1. The Labute approximate surface area is 189 Å². The highest BCUT2D eigenvalue weighted by Gasteiger charge is 2.11. The van der Waals surface area contributed by atoms with Gasteiger partial charge in [-0.1, -0.05) is 12.1 Å². The highest BCUT2D eigenvalue weighted by molar-refractivity contribution is 6.01. The highest BCUT2D eigenvalue weighted by Crippen LogP contribution is 2.27. The predicted octanol–water partition coefficient (Wildman–Crippen LogP) is 4.84. The number of rotatable bonds is 6. The third kappa shape index (κ3) is 4.49. The van der Waals surface area contributed by atoms with E-state index in [9.17, 15) is 4.79 Å². The minimum absolute atomic E-state index is 0.287. The van der Waals surface area contributed by atoms with Crippen molar-refractivity contribution in [3.8, 4) is 11.5 Å². The molecule has 0 unspecified atom stereocenters. The molecule has 5 aromatic rings. The van der Waals surface area contributed by atoms with Gasteiger partial charge < -0.3 is 14.6 Å². The van der Waals surface area contributed by atoms with E-state index in [1.807, 2.05) is 60.8 Å². The van der Waals surface area contributed by atoms with Gasteiger partial charge in [-0.05, 0) is 42.5 Å². The number of imidazole rings is 1. The summed E-state index contributed by atoms with van der Waals surface area (Å²) in [6.45, 7) is 0. The van der Waals surface area contributed by atoms with Crippen LogP contribution in [-0.4, -0.2) is 30.2 Å². The van der Waals surface area contributed by atoms with Crippen LogP contribution in [0.1, 0.15) is 16.3 Å². The van der Waals surface area contributed by atoms with Crippen molar-refractivity contribution >= 4 is 34.8 Å². The normalized spacial score (nSPS) is 11.2. The third-order valence-corrected chi connectivity index (χ3v) is 5.00. The fourth-order valence-corrected chi connectivity index (χ4v) is 3.37. The van der Waals surface area contributed by atoms with Gasteiger partial charge in [0.05, 0.1) is 17.4 Å². The van der Waals surface area contributed by atoms with E-state index in [4.69, 9.17) is 4.74 Å². The molecule has 1 N–H and O–H groups in total. The Morgan fingerprint density at radius 2 is 1.91 bits per heavy atom. The van der Waals surface area contributed by atoms with Crippen molar-refractivity contribution in [2.24, 2.45) is 7.05 Å². The Hall–Kier alpha value is -4.72. The summed E-state index contributed by atoms with van der Waals surface area (Å²) in [6, 6.07) is 18.7. The lowest BCUT2D eigenvalue weighted by atomic mass is 10.2. The molecule has 0 aliphatic rings. The molecule has 3 heterocycles. The average Bonchev–Trinajstić information content (AvgIpc) is 3.44. The minimum atomic E-state index is -0.287. The summed E-state index contributed by atoms with van der Waals surface area (Å²) in [7, 11) is 1.77. The van der Waals surface area contributed by atoms with Crippen LogP contribution in [-0.2, 0) is 7.05 Å². The van der Waals surface area contributed by atoms with Crippen molar-refractivity contribution < 1.29 is 9.53 Å². The summed E-state index contributed by atoms with van der Waals surface area (Å²) >= 11 is 0. The molecule has 0 saturated heterocycles. The smallest absolute Gasteiger partial charge is 0.291 e. The zero-order valence-corrected chi connectivity index (χ0v) is 17.8. The Bertz CT molecular complexity index is 1450. The van der Waals surface area contributed by atoms with Crippen LogP contribution < -0.4 is 10.1 Å². The molecule has 0 atom stereocenters. The van der Waals surface area contributed by atoms with Crippen LogP contribution in [0.5, 0.6) is 11.5 Å². The first kappa shape index (κ1) is 20.2.